The van der Waals surface area contributed by atoms with E-state index < -0.39 is 6.10 Å². The summed E-state index contributed by atoms with van der Waals surface area (Å²) in [7, 11) is 1.77. The molecule has 6 heteroatoms. The first-order valence-electron chi connectivity index (χ1n) is 5.08. The van der Waals surface area contributed by atoms with E-state index in [1.807, 2.05) is 24.3 Å². The van der Waals surface area contributed by atoms with Crippen LogP contribution in [-0.2, 0) is 7.05 Å². The molecule has 1 unspecified atom stereocenters. The number of thioether (sulfide) groups is 1. The second kappa shape index (κ2) is 5.66. The van der Waals surface area contributed by atoms with Gasteiger partial charge in [0.25, 0.3) is 0 Å². The van der Waals surface area contributed by atoms with Crippen LogP contribution in [0.1, 0.15) is 11.8 Å². The Hall–Kier alpha value is -0.850. The van der Waals surface area contributed by atoms with Gasteiger partial charge in [-0.1, -0.05) is 21.1 Å². The fraction of sp³-hybridized carbons (Fsp3) is 0.273. The molecule has 1 heterocycles. The van der Waals surface area contributed by atoms with Crippen molar-refractivity contribution in [2.45, 2.75) is 11.0 Å². The molecular formula is C11H12BrN3OS. The molecule has 1 aromatic heterocycles. The van der Waals surface area contributed by atoms with E-state index in [1.165, 1.54) is 0 Å². The van der Waals surface area contributed by atoms with Crippen molar-refractivity contribution in [1.29, 1.82) is 0 Å². The minimum Gasteiger partial charge on any atom is -0.386 e. The number of halogens is 1. The van der Waals surface area contributed by atoms with Crippen LogP contribution in [-0.4, -0.2) is 25.9 Å². The quantitative estimate of drug-likeness (QED) is 0.881. The smallest absolute Gasteiger partial charge is 0.107 e. The Balaban J connectivity index is 1.94. The van der Waals surface area contributed by atoms with Crippen molar-refractivity contribution in [3.05, 3.63) is 40.6 Å². The van der Waals surface area contributed by atoms with Crippen molar-refractivity contribution in [2.24, 2.45) is 7.05 Å². The molecule has 0 amide bonds. The zero-order chi connectivity index (χ0) is 12.3. The van der Waals surface area contributed by atoms with E-state index in [1.54, 1.807) is 29.7 Å². The van der Waals surface area contributed by atoms with Crippen LogP contribution < -0.4 is 0 Å². The normalized spacial score (nSPS) is 12.6. The minimum atomic E-state index is -0.552. The highest BCUT2D eigenvalue weighted by Crippen LogP contribution is 2.25. The molecule has 0 aliphatic carbocycles. The van der Waals surface area contributed by atoms with Crippen molar-refractivity contribution >= 4 is 27.7 Å². The standard InChI is InChI=1S/C11H12BrN3OS/c1-15-10(6-13-14-15)11(16)7-17-9-4-2-8(12)3-5-9/h2-6,11,16H,7H2,1H3. The lowest BCUT2D eigenvalue weighted by Crippen LogP contribution is -2.07. The molecule has 0 aliphatic rings. The van der Waals surface area contributed by atoms with Gasteiger partial charge in [-0.05, 0) is 24.3 Å². The summed E-state index contributed by atoms with van der Waals surface area (Å²) in [5.41, 5.74) is 0.731. The Labute approximate surface area is 112 Å². The molecule has 0 fully saturated rings. The summed E-state index contributed by atoms with van der Waals surface area (Å²) in [4.78, 5) is 1.13. The van der Waals surface area contributed by atoms with Crippen LogP contribution in [0.25, 0.3) is 0 Å². The number of aryl methyl sites for hydroxylation is 1. The Morgan fingerprint density at radius 3 is 2.71 bits per heavy atom. The first-order chi connectivity index (χ1) is 8.16. The highest BCUT2D eigenvalue weighted by Gasteiger charge is 2.12. The van der Waals surface area contributed by atoms with Gasteiger partial charge < -0.3 is 5.11 Å². The lowest BCUT2D eigenvalue weighted by Gasteiger charge is -2.09. The first-order valence-corrected chi connectivity index (χ1v) is 6.85. The summed E-state index contributed by atoms with van der Waals surface area (Å²) in [5.74, 6) is 0.586. The average molecular weight is 314 g/mol. The maximum Gasteiger partial charge on any atom is 0.107 e. The molecule has 90 valence electrons. The van der Waals surface area contributed by atoms with Crippen LogP contribution in [0.3, 0.4) is 0 Å². The SMILES string of the molecule is Cn1nncc1C(O)CSc1ccc(Br)cc1. The summed E-state index contributed by atoms with van der Waals surface area (Å²) in [6.45, 7) is 0. The molecule has 0 bridgehead atoms. The molecular weight excluding hydrogens is 302 g/mol. The average Bonchev–Trinajstić information content (AvgIpc) is 2.74. The Bertz CT molecular complexity index is 486. The lowest BCUT2D eigenvalue weighted by atomic mass is 10.3. The third kappa shape index (κ3) is 3.31. The van der Waals surface area contributed by atoms with Gasteiger partial charge in [-0.3, -0.25) is 0 Å². The third-order valence-electron chi connectivity index (χ3n) is 2.31. The number of hydrogen-bond acceptors (Lipinski definition) is 4. The summed E-state index contributed by atoms with van der Waals surface area (Å²) >= 11 is 4.99. The largest absolute Gasteiger partial charge is 0.386 e. The fourth-order valence-electron chi connectivity index (χ4n) is 1.39. The zero-order valence-electron chi connectivity index (χ0n) is 9.25. The molecule has 0 radical (unpaired) electrons. The first kappa shape index (κ1) is 12.6. The van der Waals surface area contributed by atoms with Gasteiger partial charge in [0.1, 0.15) is 6.10 Å². The molecule has 2 rings (SSSR count). The van der Waals surface area contributed by atoms with Crippen LogP contribution in [0.15, 0.2) is 39.8 Å². The molecule has 2 aromatic rings. The number of aliphatic hydroxyl groups excluding tert-OH is 1. The van der Waals surface area contributed by atoms with E-state index in [2.05, 4.69) is 26.2 Å². The van der Waals surface area contributed by atoms with E-state index in [9.17, 15) is 5.11 Å². The van der Waals surface area contributed by atoms with Gasteiger partial charge >= 0.3 is 0 Å². The van der Waals surface area contributed by atoms with Crippen LogP contribution >= 0.6 is 27.7 Å². The van der Waals surface area contributed by atoms with E-state index >= 15 is 0 Å². The van der Waals surface area contributed by atoms with Gasteiger partial charge in [0.05, 0.1) is 11.9 Å². The molecule has 0 spiro atoms. The van der Waals surface area contributed by atoms with E-state index in [0.717, 1.165) is 15.1 Å². The number of hydrogen-bond donors (Lipinski definition) is 1. The van der Waals surface area contributed by atoms with Gasteiger partial charge in [0.15, 0.2) is 0 Å². The molecule has 0 saturated heterocycles. The minimum absolute atomic E-state index is 0.552. The number of rotatable bonds is 4. The fourth-order valence-corrected chi connectivity index (χ4v) is 2.50. The highest BCUT2D eigenvalue weighted by molar-refractivity contribution is 9.10. The summed E-state index contributed by atoms with van der Waals surface area (Å²) in [6.07, 6.45) is 1.04. The molecule has 0 saturated carbocycles. The van der Waals surface area contributed by atoms with Crippen LogP contribution in [0.5, 0.6) is 0 Å². The Morgan fingerprint density at radius 2 is 2.12 bits per heavy atom. The maximum absolute atomic E-state index is 9.98. The van der Waals surface area contributed by atoms with E-state index in [-0.39, 0.29) is 0 Å². The molecule has 1 atom stereocenters. The number of aromatic nitrogens is 3. The third-order valence-corrected chi connectivity index (χ3v) is 3.93. The second-order valence-corrected chi connectivity index (χ2v) is 5.57. The Morgan fingerprint density at radius 1 is 1.41 bits per heavy atom. The lowest BCUT2D eigenvalue weighted by molar-refractivity contribution is 0.193. The highest BCUT2D eigenvalue weighted by atomic mass is 79.9. The van der Waals surface area contributed by atoms with Crippen LogP contribution in [0.4, 0.5) is 0 Å². The molecule has 17 heavy (non-hydrogen) atoms. The van der Waals surface area contributed by atoms with Gasteiger partial charge in [-0.15, -0.1) is 16.9 Å². The molecule has 1 N–H and O–H groups in total. The zero-order valence-corrected chi connectivity index (χ0v) is 11.6. The summed E-state index contributed by atoms with van der Waals surface area (Å²) in [5, 5.41) is 17.5. The van der Waals surface area contributed by atoms with Crippen molar-refractivity contribution < 1.29 is 5.11 Å². The monoisotopic (exact) mass is 313 g/mol. The van der Waals surface area contributed by atoms with Crippen LogP contribution in [0, 0.1) is 0 Å². The van der Waals surface area contributed by atoms with Crippen molar-refractivity contribution in [3.63, 3.8) is 0 Å². The maximum atomic E-state index is 9.98. The predicted molar refractivity (Wildman–Crippen MR) is 70.8 cm³/mol. The van der Waals surface area contributed by atoms with Crippen molar-refractivity contribution in [1.82, 2.24) is 15.0 Å². The summed E-state index contributed by atoms with van der Waals surface area (Å²) < 4.78 is 2.64. The number of benzene rings is 1. The molecule has 1 aromatic carbocycles. The molecule has 0 aliphatic heterocycles. The predicted octanol–water partition coefficient (Wildman–Crippen LogP) is 2.40. The van der Waals surface area contributed by atoms with Crippen molar-refractivity contribution in [2.75, 3.05) is 5.75 Å². The van der Waals surface area contributed by atoms with Gasteiger partial charge in [-0.25, -0.2) is 4.68 Å². The second-order valence-electron chi connectivity index (χ2n) is 3.56. The van der Waals surface area contributed by atoms with Gasteiger partial charge in [0.2, 0.25) is 0 Å². The van der Waals surface area contributed by atoms with Crippen LogP contribution in [0.2, 0.25) is 0 Å². The van der Waals surface area contributed by atoms with Gasteiger partial charge in [0, 0.05) is 22.2 Å². The van der Waals surface area contributed by atoms with Gasteiger partial charge in [-0.2, -0.15) is 0 Å². The number of aliphatic hydroxyl groups is 1. The number of nitrogens with zero attached hydrogens (tertiary/aromatic N) is 3. The topological polar surface area (TPSA) is 50.9 Å². The Kier molecular flexibility index (Phi) is 4.20. The summed E-state index contributed by atoms with van der Waals surface area (Å²) in [6, 6.07) is 8.01. The molecule has 4 nitrogen and oxygen atoms in total. The van der Waals surface area contributed by atoms with Crippen molar-refractivity contribution in [3.8, 4) is 0 Å². The van der Waals surface area contributed by atoms with E-state index in [0.29, 0.717) is 5.75 Å². The van der Waals surface area contributed by atoms with E-state index in [4.69, 9.17) is 0 Å².